The van der Waals surface area contributed by atoms with Crippen LogP contribution in [-0.2, 0) is 0 Å². The summed E-state index contributed by atoms with van der Waals surface area (Å²) in [5.74, 6) is -0.0386. The highest BCUT2D eigenvalue weighted by Crippen LogP contribution is 2.30. The Morgan fingerprint density at radius 3 is 2.83 bits per heavy atom. The van der Waals surface area contributed by atoms with Crippen LogP contribution in [0.3, 0.4) is 0 Å². The molecule has 1 aliphatic carbocycles. The Morgan fingerprint density at radius 1 is 1.56 bits per heavy atom. The van der Waals surface area contributed by atoms with Gasteiger partial charge in [-0.2, -0.15) is 5.26 Å². The molecule has 0 heterocycles. The Morgan fingerprint density at radius 2 is 2.28 bits per heavy atom. The van der Waals surface area contributed by atoms with Crippen LogP contribution >= 0.6 is 0 Å². The first-order valence-corrected chi connectivity index (χ1v) is 6.18. The molecule has 0 saturated heterocycles. The van der Waals surface area contributed by atoms with Gasteiger partial charge in [0.2, 0.25) is 0 Å². The Kier molecular flexibility index (Phi) is 3.52. The van der Waals surface area contributed by atoms with Crippen LogP contribution in [0, 0.1) is 18.3 Å². The SMILES string of the molecule is Cc1cccc(N)c1C(=O)N(CCC#N)C1CC1. The second-order valence-corrected chi connectivity index (χ2v) is 4.68. The van der Waals surface area contributed by atoms with E-state index < -0.39 is 0 Å². The zero-order valence-electron chi connectivity index (χ0n) is 10.5. The minimum atomic E-state index is -0.0386. The van der Waals surface area contributed by atoms with E-state index in [9.17, 15) is 4.79 Å². The van der Waals surface area contributed by atoms with Crippen molar-refractivity contribution in [1.82, 2.24) is 4.90 Å². The number of benzene rings is 1. The first kappa shape index (κ1) is 12.4. The predicted octanol–water partition coefficient (Wildman–Crippen LogP) is 2.10. The number of amides is 1. The molecule has 0 aliphatic heterocycles. The highest BCUT2D eigenvalue weighted by atomic mass is 16.2. The van der Waals surface area contributed by atoms with Crippen molar-refractivity contribution in [2.75, 3.05) is 12.3 Å². The van der Waals surface area contributed by atoms with Gasteiger partial charge in [0.15, 0.2) is 0 Å². The zero-order chi connectivity index (χ0) is 13.1. The summed E-state index contributed by atoms with van der Waals surface area (Å²) in [4.78, 5) is 14.3. The molecular formula is C14H17N3O. The second-order valence-electron chi connectivity index (χ2n) is 4.68. The van der Waals surface area contributed by atoms with Crippen molar-refractivity contribution in [3.05, 3.63) is 29.3 Å². The van der Waals surface area contributed by atoms with Gasteiger partial charge in [-0.15, -0.1) is 0 Å². The average molecular weight is 243 g/mol. The smallest absolute Gasteiger partial charge is 0.256 e. The molecular weight excluding hydrogens is 226 g/mol. The van der Waals surface area contributed by atoms with Crippen LogP contribution in [0.1, 0.15) is 35.2 Å². The highest BCUT2D eigenvalue weighted by Gasteiger charge is 2.33. The average Bonchev–Trinajstić information content (AvgIpc) is 3.14. The number of nitrogen functional groups attached to an aromatic ring is 1. The van der Waals surface area contributed by atoms with Crippen molar-refractivity contribution in [3.8, 4) is 6.07 Å². The molecule has 0 radical (unpaired) electrons. The van der Waals surface area contributed by atoms with E-state index in [0.717, 1.165) is 18.4 Å². The number of rotatable bonds is 4. The van der Waals surface area contributed by atoms with E-state index in [1.165, 1.54) is 0 Å². The normalized spacial score (nSPS) is 14.0. The molecule has 1 saturated carbocycles. The van der Waals surface area contributed by atoms with E-state index in [4.69, 9.17) is 11.0 Å². The summed E-state index contributed by atoms with van der Waals surface area (Å²) in [5, 5.41) is 8.67. The molecule has 0 unspecified atom stereocenters. The number of anilines is 1. The zero-order valence-corrected chi connectivity index (χ0v) is 10.5. The van der Waals surface area contributed by atoms with Gasteiger partial charge in [0.25, 0.3) is 5.91 Å². The van der Waals surface area contributed by atoms with Crippen molar-refractivity contribution in [3.63, 3.8) is 0 Å². The molecule has 1 aliphatic rings. The molecule has 2 N–H and O–H groups in total. The Labute approximate surface area is 107 Å². The summed E-state index contributed by atoms with van der Waals surface area (Å²) in [6, 6.07) is 7.87. The Bertz CT molecular complexity index is 480. The summed E-state index contributed by atoms with van der Waals surface area (Å²) in [7, 11) is 0. The van der Waals surface area contributed by atoms with Crippen LogP contribution in [0.5, 0.6) is 0 Å². The number of nitriles is 1. The minimum Gasteiger partial charge on any atom is -0.398 e. The van der Waals surface area contributed by atoms with Gasteiger partial charge in [0.05, 0.1) is 18.1 Å². The largest absolute Gasteiger partial charge is 0.398 e. The lowest BCUT2D eigenvalue weighted by Gasteiger charge is -2.23. The lowest BCUT2D eigenvalue weighted by molar-refractivity contribution is 0.0747. The summed E-state index contributed by atoms with van der Waals surface area (Å²) in [6.45, 7) is 2.38. The maximum absolute atomic E-state index is 12.5. The minimum absolute atomic E-state index is 0.0386. The third-order valence-corrected chi connectivity index (χ3v) is 3.23. The quantitative estimate of drug-likeness (QED) is 0.823. The van der Waals surface area contributed by atoms with Crippen molar-refractivity contribution < 1.29 is 4.79 Å². The molecule has 0 spiro atoms. The number of nitrogens with zero attached hydrogens (tertiary/aromatic N) is 2. The van der Waals surface area contributed by atoms with E-state index in [2.05, 4.69) is 6.07 Å². The van der Waals surface area contributed by atoms with Crippen molar-refractivity contribution in [2.45, 2.75) is 32.2 Å². The van der Waals surface area contributed by atoms with E-state index in [1.807, 2.05) is 19.1 Å². The lowest BCUT2D eigenvalue weighted by atomic mass is 10.1. The maximum atomic E-state index is 12.5. The number of hydrogen-bond donors (Lipinski definition) is 1. The van der Waals surface area contributed by atoms with Gasteiger partial charge in [-0.3, -0.25) is 4.79 Å². The predicted molar refractivity (Wildman–Crippen MR) is 69.9 cm³/mol. The van der Waals surface area contributed by atoms with Gasteiger partial charge >= 0.3 is 0 Å². The summed E-state index contributed by atoms with van der Waals surface area (Å²) in [6.07, 6.45) is 2.43. The molecule has 1 amide bonds. The van der Waals surface area contributed by atoms with Gasteiger partial charge in [-0.05, 0) is 31.4 Å². The molecule has 1 aromatic carbocycles. The molecule has 4 nitrogen and oxygen atoms in total. The van der Waals surface area contributed by atoms with Gasteiger partial charge in [0.1, 0.15) is 0 Å². The van der Waals surface area contributed by atoms with Crippen LogP contribution < -0.4 is 5.73 Å². The van der Waals surface area contributed by atoms with Crippen LogP contribution in [0.2, 0.25) is 0 Å². The van der Waals surface area contributed by atoms with Gasteiger partial charge < -0.3 is 10.6 Å². The van der Waals surface area contributed by atoms with E-state index in [-0.39, 0.29) is 5.91 Å². The number of carbonyl (C=O) groups excluding carboxylic acids is 1. The van der Waals surface area contributed by atoms with Gasteiger partial charge in [0, 0.05) is 18.3 Å². The first-order valence-electron chi connectivity index (χ1n) is 6.18. The Hall–Kier alpha value is -2.02. The molecule has 18 heavy (non-hydrogen) atoms. The number of hydrogen-bond acceptors (Lipinski definition) is 3. The molecule has 2 rings (SSSR count). The maximum Gasteiger partial charge on any atom is 0.256 e. The topological polar surface area (TPSA) is 70.1 Å². The van der Waals surface area contributed by atoms with E-state index >= 15 is 0 Å². The Balaban J connectivity index is 2.25. The molecule has 1 aromatic rings. The molecule has 4 heteroatoms. The van der Waals surface area contributed by atoms with Crippen molar-refractivity contribution in [1.29, 1.82) is 5.26 Å². The number of aryl methyl sites for hydroxylation is 1. The third-order valence-electron chi connectivity index (χ3n) is 3.23. The molecule has 0 bridgehead atoms. The molecule has 1 fully saturated rings. The van der Waals surface area contributed by atoms with Crippen molar-refractivity contribution >= 4 is 11.6 Å². The van der Waals surface area contributed by atoms with Crippen LogP contribution in [0.15, 0.2) is 18.2 Å². The third kappa shape index (κ3) is 2.45. The van der Waals surface area contributed by atoms with Crippen LogP contribution in [0.25, 0.3) is 0 Å². The van der Waals surface area contributed by atoms with E-state index in [1.54, 1.807) is 11.0 Å². The standard InChI is InChI=1S/C14H17N3O/c1-10-4-2-5-12(16)13(10)14(18)17(9-3-8-15)11-6-7-11/h2,4-5,11H,3,6-7,9,16H2,1H3. The van der Waals surface area contributed by atoms with Crippen molar-refractivity contribution in [2.24, 2.45) is 0 Å². The summed E-state index contributed by atoms with van der Waals surface area (Å²) >= 11 is 0. The number of carbonyl (C=O) groups is 1. The highest BCUT2D eigenvalue weighted by molar-refractivity contribution is 6.00. The van der Waals surface area contributed by atoms with Gasteiger partial charge in [-0.1, -0.05) is 12.1 Å². The van der Waals surface area contributed by atoms with Gasteiger partial charge in [-0.25, -0.2) is 0 Å². The summed E-state index contributed by atoms with van der Waals surface area (Å²) in [5.41, 5.74) is 7.89. The molecule has 94 valence electrons. The fourth-order valence-electron chi connectivity index (χ4n) is 2.13. The monoisotopic (exact) mass is 243 g/mol. The lowest BCUT2D eigenvalue weighted by Crippen LogP contribution is -2.34. The second kappa shape index (κ2) is 5.09. The van der Waals surface area contributed by atoms with Crippen LogP contribution in [0.4, 0.5) is 5.69 Å². The molecule has 0 atom stereocenters. The first-order chi connectivity index (χ1) is 8.65. The molecule has 0 aromatic heterocycles. The fourth-order valence-corrected chi connectivity index (χ4v) is 2.13. The number of nitrogens with two attached hydrogens (primary N) is 1. The van der Waals surface area contributed by atoms with E-state index in [0.29, 0.717) is 30.3 Å². The van der Waals surface area contributed by atoms with Crippen LogP contribution in [-0.4, -0.2) is 23.4 Å². The summed E-state index contributed by atoms with van der Waals surface area (Å²) < 4.78 is 0. The fraction of sp³-hybridized carbons (Fsp3) is 0.429.